The van der Waals surface area contributed by atoms with Crippen LogP contribution in [0.4, 0.5) is 0 Å². The van der Waals surface area contributed by atoms with Gasteiger partial charge in [-0.15, -0.1) is 0 Å². The van der Waals surface area contributed by atoms with Crippen LogP contribution in [0.25, 0.3) is 0 Å². The van der Waals surface area contributed by atoms with Crippen LogP contribution in [0, 0.1) is 5.92 Å². The lowest BCUT2D eigenvalue weighted by Crippen LogP contribution is -2.37. The normalized spacial score (nSPS) is 18.1. The van der Waals surface area contributed by atoms with Gasteiger partial charge in [0.25, 0.3) is 5.91 Å². The van der Waals surface area contributed by atoms with E-state index in [9.17, 15) is 4.79 Å². The Morgan fingerprint density at radius 2 is 2.18 bits per heavy atom. The van der Waals surface area contributed by atoms with Crippen LogP contribution in [-0.2, 0) is 4.79 Å². The average Bonchev–Trinajstić information content (AvgIpc) is 2.62. The molecule has 1 aliphatic carbocycles. The summed E-state index contributed by atoms with van der Waals surface area (Å²) in [6, 6.07) is 0. The molecule has 1 rings (SSSR count). The number of carbonyl (C=O) groups is 1. The fraction of sp³-hybridized carbons (Fsp3) is 0.857. The molecule has 1 amide bonds. The summed E-state index contributed by atoms with van der Waals surface area (Å²) >= 11 is 11.1. The van der Waals surface area contributed by atoms with Gasteiger partial charge in [-0.05, 0) is 25.7 Å². The van der Waals surface area contributed by atoms with Crippen LogP contribution in [0.3, 0.4) is 0 Å². The predicted octanol–water partition coefficient (Wildman–Crippen LogP) is 1.71. The van der Waals surface area contributed by atoms with E-state index in [0.29, 0.717) is 12.5 Å². The molecular weight excluding hydrogens is 185 g/mol. The Bertz CT molecular complexity index is 160. The number of hydrogen-bond acceptors (Lipinski definition) is 1. The molecule has 11 heavy (non-hydrogen) atoms. The Kier molecular flexibility index (Phi) is 2.66. The second-order valence-electron chi connectivity index (χ2n) is 3.04. The van der Waals surface area contributed by atoms with Crippen LogP contribution in [-0.4, -0.2) is 16.8 Å². The topological polar surface area (TPSA) is 29.1 Å². The summed E-state index contributed by atoms with van der Waals surface area (Å²) in [5.74, 6) is 0.363. The van der Waals surface area contributed by atoms with Crippen molar-refractivity contribution in [3.05, 3.63) is 0 Å². The predicted molar refractivity (Wildman–Crippen MR) is 45.8 cm³/mol. The largest absolute Gasteiger partial charge is 0.353 e. The second kappa shape index (κ2) is 3.20. The van der Waals surface area contributed by atoms with E-state index in [2.05, 4.69) is 5.32 Å². The minimum Gasteiger partial charge on any atom is -0.353 e. The van der Waals surface area contributed by atoms with Crippen LogP contribution in [0.15, 0.2) is 0 Å². The van der Waals surface area contributed by atoms with Crippen molar-refractivity contribution < 1.29 is 4.79 Å². The number of nitrogens with one attached hydrogen (secondary N) is 1. The Labute approximate surface area is 76.2 Å². The molecule has 0 heterocycles. The summed E-state index contributed by atoms with van der Waals surface area (Å²) < 4.78 is -1.28. The number of hydrogen-bond donors (Lipinski definition) is 1. The maximum atomic E-state index is 11.0. The number of rotatable bonds is 3. The van der Waals surface area contributed by atoms with E-state index in [-0.39, 0.29) is 5.91 Å². The third kappa shape index (κ3) is 3.30. The van der Waals surface area contributed by atoms with E-state index in [0.717, 1.165) is 0 Å². The molecule has 0 atom stereocenters. The van der Waals surface area contributed by atoms with Crippen molar-refractivity contribution in [1.82, 2.24) is 5.32 Å². The Morgan fingerprint density at radius 1 is 1.64 bits per heavy atom. The molecule has 1 saturated carbocycles. The lowest BCUT2D eigenvalue weighted by molar-refractivity contribution is -0.121. The monoisotopic (exact) mass is 195 g/mol. The third-order valence-electron chi connectivity index (χ3n) is 1.65. The van der Waals surface area contributed by atoms with Gasteiger partial charge in [-0.2, -0.15) is 0 Å². The van der Waals surface area contributed by atoms with Crippen molar-refractivity contribution in [3.8, 4) is 0 Å². The summed E-state index contributed by atoms with van der Waals surface area (Å²) in [6.45, 7) is 2.19. The molecular formula is C7H11Cl2NO. The lowest BCUT2D eigenvalue weighted by Gasteiger charge is -2.12. The molecule has 0 radical (unpaired) electrons. The first-order valence-corrected chi connectivity index (χ1v) is 4.42. The van der Waals surface area contributed by atoms with E-state index in [1.54, 1.807) is 0 Å². The SMILES string of the molecule is CC(Cl)(Cl)C(=O)NCC1CC1. The average molecular weight is 196 g/mol. The lowest BCUT2D eigenvalue weighted by atomic mass is 10.4. The van der Waals surface area contributed by atoms with Gasteiger partial charge in [0.05, 0.1) is 0 Å². The molecule has 0 bridgehead atoms. The van der Waals surface area contributed by atoms with Crippen molar-refractivity contribution in [1.29, 1.82) is 0 Å². The van der Waals surface area contributed by atoms with Crippen LogP contribution in [0.2, 0.25) is 0 Å². The fourth-order valence-electron chi connectivity index (χ4n) is 0.714. The van der Waals surface area contributed by atoms with Crippen molar-refractivity contribution in [3.63, 3.8) is 0 Å². The first kappa shape index (κ1) is 9.14. The third-order valence-corrected chi connectivity index (χ3v) is 1.99. The molecule has 0 unspecified atom stereocenters. The summed E-state index contributed by atoms with van der Waals surface area (Å²) in [6.07, 6.45) is 2.42. The van der Waals surface area contributed by atoms with Crippen molar-refractivity contribution in [2.24, 2.45) is 5.92 Å². The molecule has 1 aliphatic rings. The number of alkyl halides is 2. The minimum atomic E-state index is -1.28. The molecule has 0 saturated heterocycles. The van der Waals surface area contributed by atoms with Gasteiger partial charge >= 0.3 is 0 Å². The van der Waals surface area contributed by atoms with Gasteiger partial charge < -0.3 is 5.32 Å². The van der Waals surface area contributed by atoms with Crippen LogP contribution < -0.4 is 5.32 Å². The first-order chi connectivity index (χ1) is 5.00. The van der Waals surface area contributed by atoms with Gasteiger partial charge in [0, 0.05) is 6.54 Å². The Morgan fingerprint density at radius 3 is 2.55 bits per heavy atom. The van der Waals surface area contributed by atoms with Gasteiger partial charge in [0.1, 0.15) is 0 Å². The van der Waals surface area contributed by atoms with Gasteiger partial charge in [0.15, 0.2) is 4.33 Å². The van der Waals surface area contributed by atoms with Gasteiger partial charge in [-0.1, -0.05) is 23.2 Å². The van der Waals surface area contributed by atoms with E-state index >= 15 is 0 Å². The van der Waals surface area contributed by atoms with Gasteiger partial charge in [-0.25, -0.2) is 0 Å². The summed E-state index contributed by atoms with van der Waals surface area (Å²) in [7, 11) is 0. The summed E-state index contributed by atoms with van der Waals surface area (Å²) in [5, 5.41) is 2.68. The van der Waals surface area contributed by atoms with Crippen LogP contribution in [0.1, 0.15) is 19.8 Å². The number of amides is 1. The molecule has 2 nitrogen and oxygen atoms in total. The number of halogens is 2. The molecule has 1 fully saturated rings. The van der Waals surface area contributed by atoms with Gasteiger partial charge in [0.2, 0.25) is 0 Å². The second-order valence-corrected chi connectivity index (χ2v) is 4.75. The highest BCUT2D eigenvalue weighted by molar-refractivity contribution is 6.57. The van der Waals surface area contributed by atoms with Crippen molar-refractivity contribution >= 4 is 29.1 Å². The first-order valence-electron chi connectivity index (χ1n) is 3.66. The molecule has 1 N–H and O–H groups in total. The van der Waals surface area contributed by atoms with E-state index in [1.807, 2.05) is 0 Å². The molecule has 0 aromatic heterocycles. The minimum absolute atomic E-state index is 0.298. The zero-order valence-electron chi connectivity index (χ0n) is 6.36. The highest BCUT2D eigenvalue weighted by Crippen LogP contribution is 2.28. The van der Waals surface area contributed by atoms with Crippen molar-refractivity contribution in [2.45, 2.75) is 24.1 Å². The zero-order chi connectivity index (χ0) is 8.48. The summed E-state index contributed by atoms with van der Waals surface area (Å²) in [4.78, 5) is 11.0. The smallest absolute Gasteiger partial charge is 0.256 e. The summed E-state index contributed by atoms with van der Waals surface area (Å²) in [5.41, 5.74) is 0. The van der Waals surface area contributed by atoms with E-state index in [1.165, 1.54) is 19.8 Å². The van der Waals surface area contributed by atoms with Crippen molar-refractivity contribution in [2.75, 3.05) is 6.54 Å². The fourth-order valence-corrected chi connectivity index (χ4v) is 0.848. The van der Waals surface area contributed by atoms with E-state index < -0.39 is 4.33 Å². The highest BCUT2D eigenvalue weighted by Gasteiger charge is 2.29. The van der Waals surface area contributed by atoms with Crippen LogP contribution in [0.5, 0.6) is 0 Å². The molecule has 64 valence electrons. The molecule has 0 aliphatic heterocycles. The maximum absolute atomic E-state index is 11.0. The highest BCUT2D eigenvalue weighted by atomic mass is 35.5. The Balaban J connectivity index is 2.19. The van der Waals surface area contributed by atoms with E-state index in [4.69, 9.17) is 23.2 Å². The molecule has 4 heteroatoms. The Hall–Kier alpha value is 0.0500. The number of carbonyl (C=O) groups excluding carboxylic acids is 1. The standard InChI is InChI=1S/C7H11Cl2NO/c1-7(8,9)6(11)10-4-5-2-3-5/h5H,2-4H2,1H3,(H,10,11). The molecule has 0 spiro atoms. The quantitative estimate of drug-likeness (QED) is 0.684. The molecule has 0 aromatic carbocycles. The van der Waals surface area contributed by atoms with Gasteiger partial charge in [-0.3, -0.25) is 4.79 Å². The molecule has 0 aromatic rings. The zero-order valence-corrected chi connectivity index (χ0v) is 7.87. The van der Waals surface area contributed by atoms with Crippen LogP contribution >= 0.6 is 23.2 Å². The maximum Gasteiger partial charge on any atom is 0.256 e.